The third-order valence-corrected chi connectivity index (χ3v) is 2.79. The van der Waals surface area contributed by atoms with Gasteiger partial charge in [-0.05, 0) is 6.42 Å². The molecule has 4 heteroatoms. The summed E-state index contributed by atoms with van der Waals surface area (Å²) < 4.78 is 0. The van der Waals surface area contributed by atoms with E-state index in [0.717, 1.165) is 6.42 Å². The molecular formula is C7H13NO3. The van der Waals surface area contributed by atoms with Crippen LogP contribution in [-0.2, 0) is 0 Å². The van der Waals surface area contributed by atoms with Gasteiger partial charge in [-0.2, -0.15) is 0 Å². The van der Waals surface area contributed by atoms with Crippen LogP contribution in [0, 0.1) is 5.92 Å². The first-order valence-corrected chi connectivity index (χ1v) is 3.97. The molecule has 0 aromatic heterocycles. The number of nitrogens with one attached hydrogen (secondary N) is 1. The van der Waals surface area contributed by atoms with Crippen LogP contribution in [-0.4, -0.2) is 46.2 Å². The van der Waals surface area contributed by atoms with Crippen molar-refractivity contribution in [3.8, 4) is 0 Å². The van der Waals surface area contributed by atoms with Crippen LogP contribution in [0.1, 0.15) is 6.42 Å². The molecule has 5 atom stereocenters. The molecule has 11 heavy (non-hydrogen) atoms. The summed E-state index contributed by atoms with van der Waals surface area (Å²) in [5.41, 5.74) is 0. The molecule has 0 amide bonds. The highest BCUT2D eigenvalue weighted by Crippen LogP contribution is 2.29. The van der Waals surface area contributed by atoms with Gasteiger partial charge in [0.05, 0.1) is 12.2 Å². The van der Waals surface area contributed by atoms with Crippen molar-refractivity contribution in [2.45, 2.75) is 30.8 Å². The highest BCUT2D eigenvalue weighted by Gasteiger charge is 2.46. The van der Waals surface area contributed by atoms with Gasteiger partial charge in [0.15, 0.2) is 0 Å². The number of aliphatic hydroxyl groups excluding tert-OH is 3. The smallest absolute Gasteiger partial charge is 0.108 e. The normalized spacial score (nSPS) is 56.5. The molecule has 2 fully saturated rings. The summed E-state index contributed by atoms with van der Waals surface area (Å²) in [5, 5.41) is 31.1. The fraction of sp³-hybridized carbons (Fsp3) is 1.00. The highest BCUT2D eigenvalue weighted by atomic mass is 16.4. The van der Waals surface area contributed by atoms with Crippen molar-refractivity contribution >= 4 is 0 Å². The molecule has 0 unspecified atom stereocenters. The SMILES string of the molecule is O[C@@H]1[C@@H](O)[C@@H]2CN[C@@H](C2)[C@H]1O. The van der Waals surface area contributed by atoms with Crippen LogP contribution in [0.2, 0.25) is 0 Å². The summed E-state index contributed by atoms with van der Waals surface area (Å²) >= 11 is 0. The molecular weight excluding hydrogens is 146 g/mol. The zero-order chi connectivity index (χ0) is 8.01. The van der Waals surface area contributed by atoms with Gasteiger partial charge in [-0.3, -0.25) is 0 Å². The second-order valence-electron chi connectivity index (χ2n) is 3.48. The highest BCUT2D eigenvalue weighted by molar-refractivity contribution is 5.01. The largest absolute Gasteiger partial charge is 0.390 e. The summed E-state index contributed by atoms with van der Waals surface area (Å²) in [6.45, 7) is 0.708. The fourth-order valence-corrected chi connectivity index (χ4v) is 2.03. The van der Waals surface area contributed by atoms with Crippen molar-refractivity contribution in [2.75, 3.05) is 6.54 Å². The number of hydrogen-bond acceptors (Lipinski definition) is 4. The summed E-state index contributed by atoms with van der Waals surface area (Å²) in [4.78, 5) is 0. The third-order valence-electron chi connectivity index (χ3n) is 2.79. The Morgan fingerprint density at radius 1 is 1.00 bits per heavy atom. The first-order valence-electron chi connectivity index (χ1n) is 3.97. The van der Waals surface area contributed by atoms with Crippen LogP contribution in [0.25, 0.3) is 0 Å². The second-order valence-corrected chi connectivity index (χ2v) is 3.48. The average molecular weight is 159 g/mol. The van der Waals surface area contributed by atoms with E-state index in [1.165, 1.54) is 0 Å². The van der Waals surface area contributed by atoms with E-state index in [2.05, 4.69) is 5.32 Å². The van der Waals surface area contributed by atoms with Gasteiger partial charge in [0.2, 0.25) is 0 Å². The lowest BCUT2D eigenvalue weighted by Crippen LogP contribution is -2.51. The molecule has 2 rings (SSSR count). The molecule has 1 aliphatic carbocycles. The van der Waals surface area contributed by atoms with Crippen molar-refractivity contribution in [1.82, 2.24) is 5.32 Å². The lowest BCUT2D eigenvalue weighted by Gasteiger charge is -2.33. The van der Waals surface area contributed by atoms with Gasteiger partial charge >= 0.3 is 0 Å². The number of fused-ring (bicyclic) bond motifs is 2. The van der Waals surface area contributed by atoms with Gasteiger partial charge in [-0.1, -0.05) is 0 Å². The molecule has 0 aromatic rings. The van der Waals surface area contributed by atoms with Gasteiger partial charge in [-0.15, -0.1) is 0 Å². The summed E-state index contributed by atoms with van der Waals surface area (Å²) in [6, 6.07) is -0.0154. The van der Waals surface area contributed by atoms with Gasteiger partial charge in [0.1, 0.15) is 6.10 Å². The Hall–Kier alpha value is -0.160. The lowest BCUT2D eigenvalue weighted by molar-refractivity contribution is -0.102. The van der Waals surface area contributed by atoms with E-state index >= 15 is 0 Å². The fourth-order valence-electron chi connectivity index (χ4n) is 2.03. The number of hydrogen-bond donors (Lipinski definition) is 4. The van der Waals surface area contributed by atoms with Crippen molar-refractivity contribution in [1.29, 1.82) is 0 Å². The van der Waals surface area contributed by atoms with Gasteiger partial charge < -0.3 is 20.6 Å². The van der Waals surface area contributed by atoms with E-state index < -0.39 is 18.3 Å². The monoisotopic (exact) mass is 159 g/mol. The molecule has 0 radical (unpaired) electrons. The minimum Gasteiger partial charge on any atom is -0.390 e. The van der Waals surface area contributed by atoms with Crippen molar-refractivity contribution < 1.29 is 15.3 Å². The van der Waals surface area contributed by atoms with E-state index in [4.69, 9.17) is 0 Å². The Labute approximate surface area is 64.8 Å². The molecule has 4 nitrogen and oxygen atoms in total. The van der Waals surface area contributed by atoms with Crippen molar-refractivity contribution in [3.63, 3.8) is 0 Å². The van der Waals surface area contributed by atoms with Gasteiger partial charge in [0, 0.05) is 18.5 Å². The van der Waals surface area contributed by atoms with E-state index in [-0.39, 0.29) is 12.0 Å². The minimum absolute atomic E-state index is 0.0154. The Morgan fingerprint density at radius 2 is 1.73 bits per heavy atom. The van der Waals surface area contributed by atoms with Crippen LogP contribution in [0.5, 0.6) is 0 Å². The van der Waals surface area contributed by atoms with Crippen LogP contribution in [0.3, 0.4) is 0 Å². The molecule has 64 valence electrons. The molecule has 1 saturated carbocycles. The van der Waals surface area contributed by atoms with E-state index in [9.17, 15) is 15.3 Å². The summed E-state index contributed by atoms with van der Waals surface area (Å²) in [7, 11) is 0. The Bertz CT molecular complexity index is 144. The zero-order valence-corrected chi connectivity index (χ0v) is 6.14. The van der Waals surface area contributed by atoms with E-state index in [1.807, 2.05) is 0 Å². The standard InChI is InChI=1S/C7H13NO3/c9-5-3-1-4(8-2-3)6(10)7(5)11/h3-11H,1-2H2/t3-,4-,5-,6+,7+/m0/s1. The number of aliphatic hydroxyl groups is 3. The predicted octanol–water partition coefficient (Wildman–Crippen LogP) is -1.94. The maximum atomic E-state index is 9.38. The van der Waals surface area contributed by atoms with E-state index in [1.54, 1.807) is 0 Å². The summed E-state index contributed by atoms with van der Waals surface area (Å²) in [5.74, 6) is 0.124. The van der Waals surface area contributed by atoms with E-state index in [0.29, 0.717) is 6.54 Å². The first-order chi connectivity index (χ1) is 5.20. The quantitative estimate of drug-likeness (QED) is 0.332. The topological polar surface area (TPSA) is 72.7 Å². The second kappa shape index (κ2) is 2.42. The van der Waals surface area contributed by atoms with Gasteiger partial charge in [0.25, 0.3) is 0 Å². The molecule has 1 saturated heterocycles. The Morgan fingerprint density at radius 3 is 2.45 bits per heavy atom. The molecule has 2 aliphatic rings. The minimum atomic E-state index is -0.964. The first kappa shape index (κ1) is 7.49. The van der Waals surface area contributed by atoms with Crippen LogP contribution < -0.4 is 5.32 Å². The van der Waals surface area contributed by atoms with Crippen LogP contribution >= 0.6 is 0 Å². The predicted molar refractivity (Wildman–Crippen MR) is 37.9 cm³/mol. The summed E-state index contributed by atoms with van der Waals surface area (Å²) in [6.07, 6.45) is -1.74. The molecule has 2 bridgehead atoms. The third kappa shape index (κ3) is 0.980. The average Bonchev–Trinajstić information content (AvgIpc) is 2.44. The van der Waals surface area contributed by atoms with Crippen LogP contribution in [0.15, 0.2) is 0 Å². The lowest BCUT2D eigenvalue weighted by atomic mass is 9.83. The van der Waals surface area contributed by atoms with Crippen molar-refractivity contribution in [3.05, 3.63) is 0 Å². The molecule has 4 N–H and O–H groups in total. The number of rotatable bonds is 0. The van der Waals surface area contributed by atoms with Crippen molar-refractivity contribution in [2.24, 2.45) is 5.92 Å². The van der Waals surface area contributed by atoms with Crippen LogP contribution in [0.4, 0.5) is 0 Å². The van der Waals surface area contributed by atoms with Gasteiger partial charge in [-0.25, -0.2) is 0 Å². The Kier molecular flexibility index (Phi) is 1.64. The maximum absolute atomic E-state index is 9.38. The molecule has 0 spiro atoms. The Balaban J connectivity index is 2.16. The molecule has 1 heterocycles. The zero-order valence-electron chi connectivity index (χ0n) is 6.14. The maximum Gasteiger partial charge on any atom is 0.108 e. The molecule has 0 aromatic carbocycles. The molecule has 1 aliphatic heterocycles.